The highest BCUT2D eigenvalue weighted by Gasteiger charge is 2.14. The normalized spacial score (nSPS) is 13.0. The molecule has 1 heterocycles. The maximum atomic E-state index is 5.52. The van der Waals surface area contributed by atoms with E-state index in [9.17, 15) is 0 Å². The quantitative estimate of drug-likeness (QED) is 0.787. The summed E-state index contributed by atoms with van der Waals surface area (Å²) in [6.07, 6.45) is 3.85. The van der Waals surface area contributed by atoms with Crippen molar-refractivity contribution >= 4 is 17.8 Å². The third-order valence-electron chi connectivity index (χ3n) is 2.77. The van der Waals surface area contributed by atoms with Gasteiger partial charge in [-0.05, 0) is 25.6 Å². The summed E-state index contributed by atoms with van der Waals surface area (Å²) < 4.78 is 5.52. The van der Waals surface area contributed by atoms with Crippen molar-refractivity contribution in [2.24, 2.45) is 5.92 Å². The first-order valence-electron chi connectivity index (χ1n) is 6.41. The second-order valence-corrected chi connectivity index (χ2v) is 5.97. The number of thioether (sulfide) groups is 1. The molecule has 0 fully saturated rings. The van der Waals surface area contributed by atoms with E-state index in [0.29, 0.717) is 18.0 Å². The van der Waals surface area contributed by atoms with Crippen LogP contribution in [0.1, 0.15) is 26.5 Å². The van der Waals surface area contributed by atoms with Crippen molar-refractivity contribution in [1.82, 2.24) is 10.3 Å². The molecular formula is C13H25N3OS. The van der Waals surface area contributed by atoms with Crippen LogP contribution in [0.4, 0.5) is 6.01 Å². The van der Waals surface area contributed by atoms with E-state index < -0.39 is 0 Å². The van der Waals surface area contributed by atoms with Crippen LogP contribution < -0.4 is 10.2 Å². The lowest BCUT2D eigenvalue weighted by Crippen LogP contribution is -2.31. The van der Waals surface area contributed by atoms with E-state index in [-0.39, 0.29) is 0 Å². The fourth-order valence-corrected chi connectivity index (χ4v) is 2.28. The van der Waals surface area contributed by atoms with Gasteiger partial charge in [0.2, 0.25) is 0 Å². The molecule has 0 bridgehead atoms. The summed E-state index contributed by atoms with van der Waals surface area (Å²) >= 11 is 1.83. The highest BCUT2D eigenvalue weighted by Crippen LogP contribution is 2.16. The first-order valence-corrected chi connectivity index (χ1v) is 7.80. The molecule has 1 N–H and O–H groups in total. The zero-order valence-electron chi connectivity index (χ0n) is 12.1. The largest absolute Gasteiger partial charge is 0.432 e. The maximum Gasteiger partial charge on any atom is 0.297 e. The Morgan fingerprint density at radius 3 is 2.78 bits per heavy atom. The second kappa shape index (κ2) is 7.69. The summed E-state index contributed by atoms with van der Waals surface area (Å²) in [5.41, 5.74) is 0.967. The Morgan fingerprint density at radius 2 is 2.17 bits per heavy atom. The van der Waals surface area contributed by atoms with Crippen molar-refractivity contribution < 1.29 is 4.42 Å². The molecule has 0 radical (unpaired) electrons. The molecule has 1 aromatic heterocycles. The van der Waals surface area contributed by atoms with Gasteiger partial charge in [-0.15, -0.1) is 0 Å². The summed E-state index contributed by atoms with van der Waals surface area (Å²) in [6, 6.07) is 1.13. The number of rotatable bonds is 8. The highest BCUT2D eigenvalue weighted by molar-refractivity contribution is 7.98. The van der Waals surface area contributed by atoms with Gasteiger partial charge in [-0.2, -0.15) is 16.7 Å². The van der Waals surface area contributed by atoms with E-state index in [1.165, 1.54) is 0 Å². The minimum absolute atomic E-state index is 0.426. The molecular weight excluding hydrogens is 246 g/mol. The Kier molecular flexibility index (Phi) is 6.57. The fraction of sp³-hybridized carbons (Fsp3) is 0.769. The predicted octanol–water partition coefficient (Wildman–Crippen LogP) is 2.61. The SMILES string of the molecule is CSCC(C)N(C)c1nc(CNCC(C)C)co1. The molecule has 1 aromatic rings. The first kappa shape index (κ1) is 15.4. The van der Waals surface area contributed by atoms with Crippen LogP contribution in [0.5, 0.6) is 0 Å². The second-order valence-electron chi connectivity index (χ2n) is 5.06. The van der Waals surface area contributed by atoms with Gasteiger partial charge >= 0.3 is 0 Å². The van der Waals surface area contributed by atoms with Gasteiger partial charge in [-0.1, -0.05) is 13.8 Å². The average molecular weight is 271 g/mol. The highest BCUT2D eigenvalue weighted by atomic mass is 32.2. The van der Waals surface area contributed by atoms with Crippen LogP contribution in [0.25, 0.3) is 0 Å². The van der Waals surface area contributed by atoms with Crippen molar-refractivity contribution in [3.63, 3.8) is 0 Å². The first-order chi connectivity index (χ1) is 8.54. The summed E-state index contributed by atoms with van der Waals surface area (Å²) in [4.78, 5) is 6.58. The molecule has 104 valence electrons. The van der Waals surface area contributed by atoms with Crippen LogP contribution in [0, 0.1) is 5.92 Å². The van der Waals surface area contributed by atoms with Gasteiger partial charge in [0.05, 0.1) is 5.69 Å². The molecule has 0 aliphatic carbocycles. The van der Waals surface area contributed by atoms with E-state index in [0.717, 1.165) is 24.5 Å². The molecule has 4 nitrogen and oxygen atoms in total. The molecule has 0 saturated carbocycles. The summed E-state index contributed by atoms with van der Waals surface area (Å²) in [5.74, 6) is 1.72. The Morgan fingerprint density at radius 1 is 1.44 bits per heavy atom. The smallest absolute Gasteiger partial charge is 0.297 e. The van der Waals surface area contributed by atoms with Crippen LogP contribution in [0.2, 0.25) is 0 Å². The van der Waals surface area contributed by atoms with Crippen LogP contribution in [-0.4, -0.2) is 36.6 Å². The molecule has 0 aliphatic rings. The number of anilines is 1. The molecule has 0 aromatic carbocycles. The third-order valence-corrected chi connectivity index (χ3v) is 3.58. The average Bonchev–Trinajstić information content (AvgIpc) is 2.76. The molecule has 5 heteroatoms. The standard InChI is InChI=1S/C13H25N3OS/c1-10(2)6-14-7-12-8-17-13(15-12)16(4)11(3)9-18-5/h8,10-11,14H,6-7,9H2,1-5H3. The van der Waals surface area contributed by atoms with Gasteiger partial charge in [-0.3, -0.25) is 0 Å². The van der Waals surface area contributed by atoms with E-state index >= 15 is 0 Å². The molecule has 1 rings (SSSR count). The number of nitrogens with one attached hydrogen (secondary N) is 1. The molecule has 0 spiro atoms. The van der Waals surface area contributed by atoms with Gasteiger partial charge in [0, 0.05) is 25.4 Å². The Labute approximate surface area is 115 Å². The van der Waals surface area contributed by atoms with E-state index in [1.54, 1.807) is 6.26 Å². The number of aromatic nitrogens is 1. The number of hydrogen-bond acceptors (Lipinski definition) is 5. The number of nitrogens with zero attached hydrogens (tertiary/aromatic N) is 2. The Bertz CT molecular complexity index is 341. The van der Waals surface area contributed by atoms with Crippen LogP contribution in [-0.2, 0) is 6.54 Å². The predicted molar refractivity (Wildman–Crippen MR) is 79.3 cm³/mol. The van der Waals surface area contributed by atoms with Gasteiger partial charge < -0.3 is 14.6 Å². The van der Waals surface area contributed by atoms with E-state index in [4.69, 9.17) is 4.42 Å². The molecule has 0 amide bonds. The minimum atomic E-state index is 0.426. The molecule has 1 unspecified atom stereocenters. The zero-order chi connectivity index (χ0) is 13.5. The lowest BCUT2D eigenvalue weighted by Gasteiger charge is -2.21. The van der Waals surface area contributed by atoms with E-state index in [2.05, 4.69) is 42.2 Å². The van der Waals surface area contributed by atoms with Crippen molar-refractivity contribution in [3.05, 3.63) is 12.0 Å². The zero-order valence-corrected chi connectivity index (χ0v) is 12.9. The van der Waals surface area contributed by atoms with Gasteiger partial charge in [0.1, 0.15) is 6.26 Å². The van der Waals surface area contributed by atoms with Crippen molar-refractivity contribution in [3.8, 4) is 0 Å². The van der Waals surface area contributed by atoms with Crippen molar-refractivity contribution in [2.45, 2.75) is 33.4 Å². The van der Waals surface area contributed by atoms with Gasteiger partial charge in [0.15, 0.2) is 0 Å². The Balaban J connectivity index is 2.46. The number of oxazole rings is 1. The summed E-state index contributed by atoms with van der Waals surface area (Å²) in [7, 11) is 2.03. The van der Waals surface area contributed by atoms with Crippen LogP contribution in [0.15, 0.2) is 10.7 Å². The lowest BCUT2D eigenvalue weighted by atomic mass is 10.2. The third kappa shape index (κ3) is 4.90. The molecule has 1 atom stereocenters. The van der Waals surface area contributed by atoms with Gasteiger partial charge in [0.25, 0.3) is 6.01 Å². The molecule has 18 heavy (non-hydrogen) atoms. The minimum Gasteiger partial charge on any atom is -0.432 e. The number of hydrogen-bond donors (Lipinski definition) is 1. The Hall–Kier alpha value is -0.680. The lowest BCUT2D eigenvalue weighted by molar-refractivity contribution is 0.526. The van der Waals surface area contributed by atoms with Crippen LogP contribution >= 0.6 is 11.8 Å². The topological polar surface area (TPSA) is 41.3 Å². The van der Waals surface area contributed by atoms with Crippen molar-refractivity contribution in [1.29, 1.82) is 0 Å². The van der Waals surface area contributed by atoms with E-state index in [1.807, 2.05) is 18.8 Å². The van der Waals surface area contributed by atoms with Crippen molar-refractivity contribution in [2.75, 3.05) is 30.5 Å². The molecule has 0 saturated heterocycles. The summed E-state index contributed by atoms with van der Waals surface area (Å²) in [6.45, 7) is 8.34. The van der Waals surface area contributed by atoms with Gasteiger partial charge in [-0.25, -0.2) is 0 Å². The van der Waals surface area contributed by atoms with Crippen LogP contribution in [0.3, 0.4) is 0 Å². The monoisotopic (exact) mass is 271 g/mol. The maximum absolute atomic E-state index is 5.52. The fourth-order valence-electron chi connectivity index (χ4n) is 1.57. The molecule has 0 aliphatic heterocycles. The summed E-state index contributed by atoms with van der Waals surface area (Å²) in [5, 5.41) is 3.36.